The number of fused-ring (bicyclic) bond motifs is 1. The number of aryl methyl sites for hydroxylation is 1. The largest absolute Gasteiger partial charge is 0.481 e. The number of carbonyl (C=O) groups is 1. The summed E-state index contributed by atoms with van der Waals surface area (Å²) in [6, 6.07) is 12.4. The van der Waals surface area contributed by atoms with Crippen LogP contribution in [0.5, 0.6) is 11.5 Å². The molecule has 0 amide bonds. The summed E-state index contributed by atoms with van der Waals surface area (Å²) in [6.45, 7) is 0.941. The van der Waals surface area contributed by atoms with Crippen molar-refractivity contribution in [1.29, 1.82) is 0 Å². The van der Waals surface area contributed by atoms with Crippen LogP contribution in [0.25, 0.3) is 22.3 Å². The average Bonchev–Trinajstić information content (AvgIpc) is 3.70. The van der Waals surface area contributed by atoms with Gasteiger partial charge in [0.05, 0.1) is 16.8 Å². The minimum atomic E-state index is -1.51. The van der Waals surface area contributed by atoms with Crippen molar-refractivity contribution in [2.45, 2.75) is 31.1 Å². The van der Waals surface area contributed by atoms with Crippen LogP contribution >= 0.6 is 0 Å². The molecule has 0 aliphatic carbocycles. The molecule has 0 saturated carbocycles. The fraction of sp³-hybridized carbons (Fsp3) is 0.226. The van der Waals surface area contributed by atoms with Crippen LogP contribution in [0.3, 0.4) is 0 Å². The fourth-order valence-corrected chi connectivity index (χ4v) is 5.51. The van der Waals surface area contributed by atoms with Gasteiger partial charge in [0, 0.05) is 42.8 Å². The van der Waals surface area contributed by atoms with E-state index in [9.17, 15) is 18.0 Å². The molecule has 0 bridgehead atoms. The van der Waals surface area contributed by atoms with Crippen molar-refractivity contribution < 1.29 is 36.9 Å². The maximum atomic E-state index is 15.1. The lowest BCUT2D eigenvalue weighted by atomic mass is 9.71. The van der Waals surface area contributed by atoms with E-state index in [2.05, 4.69) is 9.97 Å². The number of aliphatic carboxylic acids is 1. The lowest BCUT2D eigenvalue weighted by Crippen LogP contribution is -2.35. The van der Waals surface area contributed by atoms with Crippen LogP contribution in [0, 0.1) is 23.3 Å². The van der Waals surface area contributed by atoms with Crippen molar-refractivity contribution in [2.24, 2.45) is 0 Å². The number of carboxylic acids is 1. The lowest BCUT2D eigenvalue weighted by Gasteiger charge is -2.36. The Morgan fingerprint density at radius 1 is 1.00 bits per heavy atom. The van der Waals surface area contributed by atoms with Gasteiger partial charge in [-0.1, -0.05) is 24.3 Å². The molecule has 3 heterocycles. The van der Waals surface area contributed by atoms with Crippen LogP contribution in [0.4, 0.5) is 17.6 Å². The SMILES string of the molecule is O=C(O)CCc1cccc(C2(c3c[nH]c(-c4cc(Oc5c(F)c(F)c6[nH]ccc6c5F)ccc4F)n3)CCOCC2)c1. The van der Waals surface area contributed by atoms with Crippen LogP contribution in [0.15, 0.2) is 60.9 Å². The summed E-state index contributed by atoms with van der Waals surface area (Å²) in [5.41, 5.74) is 1.54. The number of carboxylic acid groups (broad SMARTS) is 1. The Labute approximate surface area is 237 Å². The smallest absolute Gasteiger partial charge is 0.303 e. The number of nitrogens with zero attached hydrogens (tertiary/aromatic N) is 1. The molecule has 1 aliphatic rings. The predicted molar refractivity (Wildman–Crippen MR) is 145 cm³/mol. The zero-order chi connectivity index (χ0) is 29.4. The number of rotatable bonds is 8. The molecule has 0 radical (unpaired) electrons. The Morgan fingerprint density at radius 3 is 2.60 bits per heavy atom. The second-order valence-corrected chi connectivity index (χ2v) is 10.2. The van der Waals surface area contributed by atoms with Crippen molar-refractivity contribution in [3.63, 3.8) is 0 Å². The standard InChI is InChI=1S/C31H25F4N3O4/c32-22-6-5-19(42-29-25(33)20-8-11-36-28(20)26(34)27(29)35)15-21(22)30-37-16-23(38-30)31(9-12-41-13-10-31)18-3-1-2-17(14-18)4-7-24(39)40/h1-3,5-6,8,11,14-16,36H,4,7,9-10,12-13H2,(H,37,38)(H,39,40). The summed E-state index contributed by atoms with van der Waals surface area (Å²) in [6.07, 6.45) is 4.53. The molecule has 1 fully saturated rings. The van der Waals surface area contributed by atoms with Crippen LogP contribution in [-0.2, 0) is 21.4 Å². The number of halogens is 4. The molecule has 1 aliphatic heterocycles. The van der Waals surface area contributed by atoms with E-state index in [-0.39, 0.29) is 34.5 Å². The van der Waals surface area contributed by atoms with Crippen molar-refractivity contribution in [3.05, 3.63) is 101 Å². The van der Waals surface area contributed by atoms with Gasteiger partial charge in [-0.2, -0.15) is 4.39 Å². The first-order valence-corrected chi connectivity index (χ1v) is 13.3. The lowest BCUT2D eigenvalue weighted by molar-refractivity contribution is -0.136. The van der Waals surface area contributed by atoms with Gasteiger partial charge in [-0.15, -0.1) is 0 Å². The van der Waals surface area contributed by atoms with Crippen molar-refractivity contribution in [2.75, 3.05) is 13.2 Å². The Balaban J connectivity index is 1.35. The average molecular weight is 580 g/mol. The summed E-state index contributed by atoms with van der Waals surface area (Å²) in [4.78, 5) is 21.3. The topological polar surface area (TPSA) is 100 Å². The van der Waals surface area contributed by atoms with Gasteiger partial charge >= 0.3 is 5.97 Å². The van der Waals surface area contributed by atoms with Gasteiger partial charge in [0.15, 0.2) is 11.6 Å². The molecule has 3 aromatic carbocycles. The zero-order valence-electron chi connectivity index (χ0n) is 22.1. The second-order valence-electron chi connectivity index (χ2n) is 10.2. The maximum Gasteiger partial charge on any atom is 0.303 e. The van der Waals surface area contributed by atoms with Crippen molar-refractivity contribution in [1.82, 2.24) is 15.0 Å². The maximum absolute atomic E-state index is 15.1. The number of nitrogens with one attached hydrogen (secondary N) is 2. The van der Waals surface area contributed by atoms with Gasteiger partial charge in [-0.25, -0.2) is 18.2 Å². The third-order valence-corrected chi connectivity index (χ3v) is 7.73. The Bertz CT molecular complexity index is 1790. The van der Waals surface area contributed by atoms with Crippen molar-refractivity contribution in [3.8, 4) is 22.9 Å². The summed E-state index contributed by atoms with van der Waals surface area (Å²) >= 11 is 0. The highest BCUT2D eigenvalue weighted by atomic mass is 19.2. The molecule has 5 aromatic rings. The van der Waals surface area contributed by atoms with Gasteiger partial charge < -0.3 is 24.5 Å². The third kappa shape index (κ3) is 4.89. The molecule has 0 spiro atoms. The number of aromatic amines is 2. The minimum absolute atomic E-state index is 0.00327. The molecule has 0 unspecified atom stereocenters. The molecule has 0 atom stereocenters. The summed E-state index contributed by atoms with van der Waals surface area (Å²) < 4.78 is 70.2. The highest BCUT2D eigenvalue weighted by Crippen LogP contribution is 2.42. The highest BCUT2D eigenvalue weighted by molar-refractivity contribution is 5.82. The first kappa shape index (κ1) is 27.5. The molecule has 42 heavy (non-hydrogen) atoms. The zero-order valence-corrected chi connectivity index (χ0v) is 22.1. The van der Waals surface area contributed by atoms with E-state index < -0.39 is 40.4 Å². The van der Waals surface area contributed by atoms with E-state index in [0.717, 1.165) is 17.2 Å². The fourth-order valence-electron chi connectivity index (χ4n) is 5.51. The quantitative estimate of drug-likeness (QED) is 0.136. The van der Waals surface area contributed by atoms with Crippen LogP contribution in [0.1, 0.15) is 36.1 Å². The minimum Gasteiger partial charge on any atom is -0.481 e. The van der Waals surface area contributed by atoms with Gasteiger partial charge in [0.25, 0.3) is 0 Å². The predicted octanol–water partition coefficient (Wildman–Crippen LogP) is 7.02. The molecular weight excluding hydrogens is 554 g/mol. The van der Waals surface area contributed by atoms with E-state index in [1.54, 1.807) is 6.20 Å². The number of hydrogen-bond donors (Lipinski definition) is 3. The van der Waals surface area contributed by atoms with E-state index in [0.29, 0.717) is 38.2 Å². The van der Waals surface area contributed by atoms with Crippen LogP contribution in [-0.4, -0.2) is 39.2 Å². The van der Waals surface area contributed by atoms with E-state index >= 15 is 4.39 Å². The number of aromatic nitrogens is 3. The monoisotopic (exact) mass is 579 g/mol. The summed E-state index contributed by atoms with van der Waals surface area (Å²) in [5.74, 6) is -6.35. The highest BCUT2D eigenvalue weighted by Gasteiger charge is 2.39. The molecule has 11 heteroatoms. The summed E-state index contributed by atoms with van der Waals surface area (Å²) in [7, 11) is 0. The first-order valence-electron chi connectivity index (χ1n) is 13.3. The Morgan fingerprint density at radius 2 is 1.81 bits per heavy atom. The first-order chi connectivity index (χ1) is 20.3. The van der Waals surface area contributed by atoms with Crippen LogP contribution in [0.2, 0.25) is 0 Å². The van der Waals surface area contributed by atoms with Gasteiger partial charge in [-0.3, -0.25) is 4.79 Å². The normalized spacial score (nSPS) is 14.8. The summed E-state index contributed by atoms with van der Waals surface area (Å²) in [5, 5.41) is 8.92. The Kier molecular flexibility index (Phi) is 7.19. The van der Waals surface area contributed by atoms with E-state index in [4.69, 9.17) is 19.6 Å². The van der Waals surface area contributed by atoms with Gasteiger partial charge in [0.1, 0.15) is 17.4 Å². The molecule has 7 nitrogen and oxygen atoms in total. The van der Waals surface area contributed by atoms with Gasteiger partial charge in [0.2, 0.25) is 11.6 Å². The number of imidazole rings is 1. The van der Waals surface area contributed by atoms with Crippen molar-refractivity contribution >= 4 is 16.9 Å². The number of ether oxygens (including phenoxy) is 2. The molecule has 3 N–H and O–H groups in total. The number of hydrogen-bond acceptors (Lipinski definition) is 4. The molecule has 216 valence electrons. The third-order valence-electron chi connectivity index (χ3n) is 7.73. The second kappa shape index (κ2) is 11.0. The number of benzene rings is 3. The Hall–Kier alpha value is -4.64. The number of H-pyrrole nitrogens is 2. The molecular formula is C31H25F4N3O4. The van der Waals surface area contributed by atoms with Crippen LogP contribution < -0.4 is 4.74 Å². The molecule has 6 rings (SSSR count). The van der Waals surface area contributed by atoms with E-state index in [1.165, 1.54) is 24.4 Å². The van der Waals surface area contributed by atoms with E-state index in [1.807, 2.05) is 24.3 Å². The molecule has 1 saturated heterocycles. The molecule has 2 aromatic heterocycles. The van der Waals surface area contributed by atoms with Gasteiger partial charge in [-0.05, 0) is 54.7 Å².